The molecule has 0 radical (unpaired) electrons. The third-order valence-corrected chi connectivity index (χ3v) is 3.74. The van der Waals surface area contributed by atoms with Gasteiger partial charge < -0.3 is 10.0 Å². The predicted molar refractivity (Wildman–Crippen MR) is 71.3 cm³/mol. The Bertz CT molecular complexity index is 411. The second-order valence-corrected chi connectivity index (χ2v) is 5.29. The summed E-state index contributed by atoms with van der Waals surface area (Å²) in [4.78, 5) is 14.0. The highest BCUT2D eigenvalue weighted by Gasteiger charge is 2.28. The Morgan fingerprint density at radius 3 is 2.67 bits per heavy atom. The van der Waals surface area contributed by atoms with Crippen molar-refractivity contribution in [3.8, 4) is 0 Å². The lowest BCUT2D eigenvalue weighted by Crippen LogP contribution is -2.31. The average molecular weight is 247 g/mol. The van der Waals surface area contributed by atoms with Crippen molar-refractivity contribution in [2.75, 3.05) is 13.1 Å². The number of rotatable bonds is 3. The van der Waals surface area contributed by atoms with Crippen LogP contribution in [0.15, 0.2) is 24.3 Å². The fraction of sp³-hybridized carbons (Fsp3) is 0.533. The van der Waals surface area contributed by atoms with E-state index >= 15 is 0 Å². The molecular formula is C15H21NO2. The molecule has 2 rings (SSSR count). The minimum absolute atomic E-state index is 0.169. The lowest BCUT2D eigenvalue weighted by atomic mass is 10.0. The van der Waals surface area contributed by atoms with Crippen LogP contribution in [0, 0.1) is 12.8 Å². The van der Waals surface area contributed by atoms with Crippen LogP contribution in [0.25, 0.3) is 0 Å². The molecule has 1 saturated heterocycles. The third-order valence-electron chi connectivity index (χ3n) is 3.74. The molecule has 0 bridgehead atoms. The van der Waals surface area contributed by atoms with E-state index in [-0.39, 0.29) is 17.9 Å². The molecule has 1 fully saturated rings. The fourth-order valence-electron chi connectivity index (χ4n) is 2.40. The molecule has 2 unspecified atom stereocenters. The van der Waals surface area contributed by atoms with E-state index in [1.165, 1.54) is 5.56 Å². The van der Waals surface area contributed by atoms with Crippen molar-refractivity contribution in [2.45, 2.75) is 32.8 Å². The van der Waals surface area contributed by atoms with E-state index in [4.69, 9.17) is 0 Å². The molecule has 18 heavy (non-hydrogen) atoms. The van der Waals surface area contributed by atoms with Crippen molar-refractivity contribution in [1.29, 1.82) is 0 Å². The van der Waals surface area contributed by atoms with Crippen molar-refractivity contribution in [1.82, 2.24) is 4.90 Å². The molecule has 98 valence electrons. The molecule has 3 nitrogen and oxygen atoms in total. The van der Waals surface area contributed by atoms with Crippen LogP contribution in [0.4, 0.5) is 0 Å². The van der Waals surface area contributed by atoms with Gasteiger partial charge in [0.1, 0.15) is 0 Å². The van der Waals surface area contributed by atoms with Crippen LogP contribution in [0.1, 0.15) is 24.5 Å². The molecule has 1 N–H and O–H groups in total. The van der Waals surface area contributed by atoms with Crippen molar-refractivity contribution < 1.29 is 9.90 Å². The highest BCUT2D eigenvalue weighted by atomic mass is 16.3. The topological polar surface area (TPSA) is 40.5 Å². The zero-order valence-electron chi connectivity index (χ0n) is 11.1. The first-order valence-electron chi connectivity index (χ1n) is 6.57. The highest BCUT2D eigenvalue weighted by molar-refractivity contribution is 5.79. The number of amides is 1. The monoisotopic (exact) mass is 247 g/mol. The Hall–Kier alpha value is -1.35. The summed E-state index contributed by atoms with van der Waals surface area (Å²) < 4.78 is 0. The van der Waals surface area contributed by atoms with Gasteiger partial charge in [-0.05, 0) is 25.8 Å². The molecule has 0 aromatic heterocycles. The van der Waals surface area contributed by atoms with Gasteiger partial charge >= 0.3 is 0 Å². The van der Waals surface area contributed by atoms with Crippen LogP contribution >= 0.6 is 0 Å². The first kappa shape index (κ1) is 13.1. The van der Waals surface area contributed by atoms with Crippen molar-refractivity contribution in [2.24, 2.45) is 5.92 Å². The number of likely N-dealkylation sites (tertiary alicyclic amines) is 1. The minimum Gasteiger partial charge on any atom is -0.393 e. The van der Waals surface area contributed by atoms with Crippen LogP contribution in [0.2, 0.25) is 0 Å². The number of hydrogen-bond donors (Lipinski definition) is 1. The van der Waals surface area contributed by atoms with Gasteiger partial charge in [0, 0.05) is 19.0 Å². The van der Waals surface area contributed by atoms with Crippen molar-refractivity contribution in [3.63, 3.8) is 0 Å². The molecule has 1 aliphatic rings. The van der Waals surface area contributed by atoms with Gasteiger partial charge in [-0.15, -0.1) is 0 Å². The predicted octanol–water partition coefficient (Wildman–Crippen LogP) is 1.77. The number of benzene rings is 1. The van der Waals surface area contributed by atoms with Crippen LogP contribution in [-0.2, 0) is 11.2 Å². The lowest BCUT2D eigenvalue weighted by molar-refractivity contribution is -0.129. The first-order chi connectivity index (χ1) is 8.56. The van der Waals surface area contributed by atoms with E-state index in [2.05, 4.69) is 0 Å². The number of nitrogens with zero attached hydrogens (tertiary/aromatic N) is 1. The molecule has 3 heteroatoms. The summed E-state index contributed by atoms with van der Waals surface area (Å²) in [5, 5.41) is 9.53. The normalized spacial score (nSPS) is 21.1. The summed E-state index contributed by atoms with van der Waals surface area (Å²) in [5.41, 5.74) is 2.27. The largest absolute Gasteiger partial charge is 0.393 e. The number of aryl methyl sites for hydroxylation is 1. The molecular weight excluding hydrogens is 226 g/mol. The maximum atomic E-state index is 12.1. The van der Waals surface area contributed by atoms with Gasteiger partial charge in [0.15, 0.2) is 0 Å². The number of carbonyl (C=O) groups is 1. The maximum absolute atomic E-state index is 12.1. The Balaban J connectivity index is 1.91. The van der Waals surface area contributed by atoms with Crippen LogP contribution < -0.4 is 0 Å². The Morgan fingerprint density at radius 1 is 1.44 bits per heavy atom. The number of aliphatic hydroxyl groups is 1. The molecule has 1 amide bonds. The van der Waals surface area contributed by atoms with E-state index in [0.717, 1.165) is 18.5 Å². The third kappa shape index (κ3) is 3.10. The van der Waals surface area contributed by atoms with Crippen LogP contribution in [0.3, 0.4) is 0 Å². The zero-order chi connectivity index (χ0) is 13.1. The number of hydrogen-bond acceptors (Lipinski definition) is 2. The lowest BCUT2D eigenvalue weighted by Gasteiger charge is -2.17. The fourth-order valence-corrected chi connectivity index (χ4v) is 2.40. The standard InChI is InChI=1S/C15H21NO2/c1-11-3-5-13(6-4-11)9-15(18)16-8-7-14(10-16)12(2)17/h3-6,12,14,17H,7-10H2,1-2H3. The molecule has 0 aliphatic carbocycles. The molecule has 1 heterocycles. The zero-order valence-corrected chi connectivity index (χ0v) is 11.1. The summed E-state index contributed by atoms with van der Waals surface area (Å²) in [6.45, 7) is 5.32. The van der Waals surface area contributed by atoms with Gasteiger partial charge in [-0.3, -0.25) is 4.79 Å². The van der Waals surface area contributed by atoms with Crippen LogP contribution in [-0.4, -0.2) is 35.1 Å². The van der Waals surface area contributed by atoms with Gasteiger partial charge in [-0.1, -0.05) is 29.8 Å². The molecule has 1 aromatic rings. The Labute approximate surface area is 108 Å². The van der Waals surface area contributed by atoms with E-state index in [1.54, 1.807) is 6.92 Å². The number of carbonyl (C=O) groups excluding carboxylic acids is 1. The average Bonchev–Trinajstić information content (AvgIpc) is 2.81. The summed E-state index contributed by atoms with van der Waals surface area (Å²) in [6, 6.07) is 8.08. The number of aliphatic hydroxyl groups excluding tert-OH is 1. The molecule has 2 atom stereocenters. The van der Waals surface area contributed by atoms with Gasteiger partial charge in [0.05, 0.1) is 12.5 Å². The second kappa shape index (κ2) is 5.53. The van der Waals surface area contributed by atoms with E-state index in [1.807, 2.05) is 36.1 Å². The summed E-state index contributed by atoms with van der Waals surface area (Å²) >= 11 is 0. The Kier molecular flexibility index (Phi) is 4.02. The van der Waals surface area contributed by atoms with Gasteiger partial charge in [0.25, 0.3) is 0 Å². The summed E-state index contributed by atoms with van der Waals surface area (Å²) in [5.74, 6) is 0.411. The van der Waals surface area contributed by atoms with E-state index < -0.39 is 0 Å². The summed E-state index contributed by atoms with van der Waals surface area (Å²) in [6.07, 6.45) is 1.06. The second-order valence-electron chi connectivity index (χ2n) is 5.29. The van der Waals surface area contributed by atoms with Gasteiger partial charge in [-0.25, -0.2) is 0 Å². The first-order valence-corrected chi connectivity index (χ1v) is 6.57. The van der Waals surface area contributed by atoms with E-state index in [0.29, 0.717) is 13.0 Å². The molecule has 1 aliphatic heterocycles. The maximum Gasteiger partial charge on any atom is 0.227 e. The minimum atomic E-state index is -0.317. The Morgan fingerprint density at radius 2 is 2.11 bits per heavy atom. The summed E-state index contributed by atoms with van der Waals surface area (Å²) in [7, 11) is 0. The van der Waals surface area contributed by atoms with Crippen molar-refractivity contribution in [3.05, 3.63) is 35.4 Å². The van der Waals surface area contributed by atoms with E-state index in [9.17, 15) is 9.90 Å². The molecule has 0 spiro atoms. The molecule has 1 aromatic carbocycles. The smallest absolute Gasteiger partial charge is 0.227 e. The van der Waals surface area contributed by atoms with Crippen molar-refractivity contribution >= 4 is 5.91 Å². The van der Waals surface area contributed by atoms with Crippen LogP contribution in [0.5, 0.6) is 0 Å². The highest BCUT2D eigenvalue weighted by Crippen LogP contribution is 2.20. The molecule has 0 saturated carbocycles. The van der Waals surface area contributed by atoms with Gasteiger partial charge in [-0.2, -0.15) is 0 Å². The quantitative estimate of drug-likeness (QED) is 0.884. The SMILES string of the molecule is Cc1ccc(CC(=O)N2CCC(C(C)O)C2)cc1. The van der Waals surface area contributed by atoms with Gasteiger partial charge in [0.2, 0.25) is 5.91 Å².